The topological polar surface area (TPSA) is 207 Å². The molecular formula is C54H63N11O5S. The highest BCUT2D eigenvalue weighted by Crippen LogP contribution is 2.41. The Kier molecular flexibility index (Phi) is 14.3. The van der Waals surface area contributed by atoms with Crippen molar-refractivity contribution < 1.29 is 24.0 Å². The predicted octanol–water partition coefficient (Wildman–Crippen LogP) is 5.56. The summed E-state index contributed by atoms with van der Waals surface area (Å²) in [7, 11) is 0. The molecule has 10 rings (SSSR count). The van der Waals surface area contributed by atoms with E-state index in [-0.39, 0.29) is 65.2 Å². The molecule has 7 aliphatic rings. The molecule has 1 aromatic heterocycles. The lowest BCUT2D eigenvalue weighted by Gasteiger charge is -2.41. The molecular weight excluding hydrogens is 915 g/mol. The molecule has 370 valence electrons. The molecule has 6 heterocycles. The van der Waals surface area contributed by atoms with E-state index in [2.05, 4.69) is 70.0 Å². The Hall–Kier alpha value is -6.43. The van der Waals surface area contributed by atoms with Gasteiger partial charge in [0, 0.05) is 116 Å². The van der Waals surface area contributed by atoms with Gasteiger partial charge in [0.15, 0.2) is 0 Å². The SMILES string of the molecule is CC1(N)CCN(c2cnc(Sc3cccc(NC(=O)c4ccc(N5CCC(N6CC=C(C7C=NC(C(=O)NCC8=CC9CCC(C%10CCC(=O)NC%10=O)C(=O)C9C=C8)=CN7)CC6)CC5)cc4)c3)cn2)CC1. The van der Waals surface area contributed by atoms with Crippen LogP contribution in [0.15, 0.2) is 123 Å². The van der Waals surface area contributed by atoms with Crippen LogP contribution in [-0.2, 0) is 19.2 Å². The van der Waals surface area contributed by atoms with Gasteiger partial charge >= 0.3 is 0 Å². The molecule has 5 unspecified atom stereocenters. The summed E-state index contributed by atoms with van der Waals surface area (Å²) < 4.78 is 0. The van der Waals surface area contributed by atoms with Crippen molar-refractivity contribution in [3.05, 3.63) is 114 Å². The first kappa shape index (κ1) is 48.2. The Morgan fingerprint density at radius 2 is 1.70 bits per heavy atom. The molecule has 2 aliphatic carbocycles. The van der Waals surface area contributed by atoms with Gasteiger partial charge in [-0.05, 0) is 118 Å². The van der Waals surface area contributed by atoms with Crippen LogP contribution >= 0.6 is 11.8 Å². The van der Waals surface area contributed by atoms with Crippen LogP contribution in [0.25, 0.3) is 0 Å². The van der Waals surface area contributed by atoms with E-state index in [1.54, 1.807) is 12.4 Å². The van der Waals surface area contributed by atoms with Crippen LogP contribution in [-0.4, -0.2) is 114 Å². The maximum Gasteiger partial charge on any atom is 0.271 e. The summed E-state index contributed by atoms with van der Waals surface area (Å²) in [5, 5.41) is 12.6. The van der Waals surface area contributed by atoms with Crippen molar-refractivity contribution in [1.82, 2.24) is 30.8 Å². The molecule has 71 heavy (non-hydrogen) atoms. The van der Waals surface area contributed by atoms with Crippen molar-refractivity contribution in [3.63, 3.8) is 0 Å². The van der Waals surface area contributed by atoms with E-state index in [1.807, 2.05) is 73.1 Å². The molecule has 0 radical (unpaired) electrons. The largest absolute Gasteiger partial charge is 0.378 e. The number of hydrogen-bond acceptors (Lipinski definition) is 14. The number of benzene rings is 2. The number of piperidine rings is 3. The Morgan fingerprint density at radius 1 is 0.887 bits per heavy atom. The third-order valence-corrected chi connectivity index (χ3v) is 16.3. The maximum absolute atomic E-state index is 13.4. The van der Waals surface area contributed by atoms with Gasteiger partial charge in [-0.25, -0.2) is 9.97 Å². The molecule has 16 nitrogen and oxygen atoms in total. The van der Waals surface area contributed by atoms with Gasteiger partial charge in [0.2, 0.25) is 11.8 Å². The van der Waals surface area contributed by atoms with Crippen LogP contribution in [0.1, 0.15) is 75.1 Å². The van der Waals surface area contributed by atoms with Crippen molar-refractivity contribution in [2.24, 2.45) is 34.4 Å². The zero-order valence-corrected chi connectivity index (χ0v) is 41.0. The molecule has 5 atom stereocenters. The van der Waals surface area contributed by atoms with E-state index < -0.39 is 5.92 Å². The quantitative estimate of drug-likeness (QED) is 0.112. The van der Waals surface area contributed by atoms with Crippen LogP contribution in [0.3, 0.4) is 0 Å². The Labute approximate surface area is 419 Å². The number of hydrogen-bond donors (Lipinski definition) is 5. The number of nitrogens with zero attached hydrogens (tertiary/aromatic N) is 6. The molecule has 2 aromatic carbocycles. The van der Waals surface area contributed by atoms with Gasteiger partial charge in [-0.1, -0.05) is 42.1 Å². The Balaban J connectivity index is 0.631. The minimum absolute atomic E-state index is 0.0292. The van der Waals surface area contributed by atoms with E-state index in [9.17, 15) is 24.0 Å². The lowest BCUT2D eigenvalue weighted by Crippen LogP contribution is -2.48. The van der Waals surface area contributed by atoms with Gasteiger partial charge in [-0.3, -0.25) is 39.2 Å². The number of allylic oxidation sites excluding steroid dienone is 2. The van der Waals surface area contributed by atoms with E-state index in [0.29, 0.717) is 36.7 Å². The number of imide groups is 1. The van der Waals surface area contributed by atoms with Crippen LogP contribution in [0.4, 0.5) is 17.2 Å². The molecule has 6 N–H and O–H groups in total. The number of rotatable bonds is 12. The molecule has 5 aliphatic heterocycles. The van der Waals surface area contributed by atoms with Crippen LogP contribution < -0.4 is 36.8 Å². The molecule has 3 aromatic rings. The zero-order valence-electron chi connectivity index (χ0n) is 40.2. The number of aliphatic imine (C=N–C) groups is 1. The molecule has 4 amide bonds. The summed E-state index contributed by atoms with van der Waals surface area (Å²) in [5.74, 6) is -1.15. The summed E-state index contributed by atoms with van der Waals surface area (Å²) in [6.07, 6.45) is 22.3. The average molecular weight is 978 g/mol. The van der Waals surface area contributed by atoms with Crippen molar-refractivity contribution in [3.8, 4) is 0 Å². The van der Waals surface area contributed by atoms with E-state index in [1.165, 1.54) is 17.3 Å². The highest BCUT2D eigenvalue weighted by Gasteiger charge is 2.44. The average Bonchev–Trinajstić information content (AvgIpc) is 3.39. The highest BCUT2D eigenvalue weighted by molar-refractivity contribution is 7.99. The number of carbonyl (C=O) groups is 5. The number of amides is 4. The first-order chi connectivity index (χ1) is 34.4. The minimum Gasteiger partial charge on any atom is -0.378 e. The second-order valence-electron chi connectivity index (χ2n) is 20.3. The zero-order chi connectivity index (χ0) is 49.1. The van der Waals surface area contributed by atoms with E-state index >= 15 is 0 Å². The van der Waals surface area contributed by atoms with Gasteiger partial charge in [-0.2, -0.15) is 0 Å². The molecule has 17 heteroatoms. The maximum atomic E-state index is 13.4. The number of Topliss-reactive ketones (excluding diaryl/α,β-unsaturated/α-hetero) is 1. The van der Waals surface area contributed by atoms with Crippen molar-refractivity contribution in [2.75, 3.05) is 60.9 Å². The summed E-state index contributed by atoms with van der Waals surface area (Å²) in [6.45, 7) is 7.90. The third kappa shape index (κ3) is 11.4. The van der Waals surface area contributed by atoms with Gasteiger partial charge in [0.25, 0.3) is 11.8 Å². The van der Waals surface area contributed by atoms with Gasteiger partial charge in [0.05, 0.1) is 18.4 Å². The number of aromatic nitrogens is 2. The van der Waals surface area contributed by atoms with E-state index in [0.717, 1.165) is 110 Å². The number of carbonyl (C=O) groups excluding carboxylic acids is 5. The smallest absolute Gasteiger partial charge is 0.271 e. The summed E-state index contributed by atoms with van der Waals surface area (Å²) in [5.41, 5.74) is 11.2. The number of anilines is 3. The lowest BCUT2D eigenvalue weighted by atomic mass is 9.66. The van der Waals surface area contributed by atoms with Crippen molar-refractivity contribution in [1.29, 1.82) is 0 Å². The summed E-state index contributed by atoms with van der Waals surface area (Å²) in [4.78, 5) is 86.0. The van der Waals surface area contributed by atoms with Gasteiger partial charge < -0.3 is 31.5 Å². The first-order valence-corrected chi connectivity index (χ1v) is 26.0. The molecule has 3 saturated heterocycles. The second kappa shape index (κ2) is 21.1. The molecule has 4 fully saturated rings. The van der Waals surface area contributed by atoms with Crippen LogP contribution in [0.2, 0.25) is 0 Å². The fourth-order valence-electron chi connectivity index (χ4n) is 11.1. The van der Waals surface area contributed by atoms with Crippen molar-refractivity contribution >= 4 is 64.6 Å². The highest BCUT2D eigenvalue weighted by atomic mass is 32.2. The summed E-state index contributed by atoms with van der Waals surface area (Å²) >= 11 is 1.51. The predicted molar refractivity (Wildman–Crippen MR) is 275 cm³/mol. The Bertz CT molecular complexity index is 2680. The van der Waals surface area contributed by atoms with E-state index in [4.69, 9.17) is 5.73 Å². The summed E-state index contributed by atoms with van der Waals surface area (Å²) in [6, 6.07) is 16.1. The first-order valence-electron chi connectivity index (χ1n) is 25.2. The number of nitrogens with one attached hydrogen (secondary N) is 4. The lowest BCUT2D eigenvalue weighted by molar-refractivity contribution is -0.144. The Morgan fingerprint density at radius 3 is 2.42 bits per heavy atom. The molecule has 1 saturated carbocycles. The number of fused-ring (bicyclic) bond motifs is 1. The molecule has 0 spiro atoms. The minimum atomic E-state index is -0.442. The monoisotopic (exact) mass is 977 g/mol. The van der Waals surface area contributed by atoms with Crippen LogP contribution in [0.5, 0.6) is 0 Å². The molecule has 0 bridgehead atoms. The normalized spacial score (nSPS) is 25.8. The van der Waals surface area contributed by atoms with Gasteiger partial charge in [0.1, 0.15) is 22.3 Å². The fraction of sp³-hybridized carbons (Fsp3) is 0.444. The van der Waals surface area contributed by atoms with Gasteiger partial charge in [-0.15, -0.1) is 0 Å². The number of ketones is 1. The third-order valence-electron chi connectivity index (χ3n) is 15.4. The van der Waals surface area contributed by atoms with Crippen molar-refractivity contribution in [2.45, 2.75) is 92.3 Å². The second-order valence-corrected chi connectivity index (χ2v) is 21.4. The van der Waals surface area contributed by atoms with Crippen LogP contribution in [0, 0.1) is 23.7 Å². The number of nitrogens with two attached hydrogens (primary N) is 1. The standard InChI is InChI=1S/C54H63N11O5S/c1-54(55)19-25-65(26-20-54)47-32-59-49(33-58-47)71-41-4-2-3-38(28-41)61-51(68)36-6-9-39(10-7-36)64-23-17-40(18-24-64)63-21-15-35(16-22-63)45-30-57-46(31-56-45)53(70)60-29-34-5-11-42-37(27-34)8-12-43(50(42)67)44-13-14-48(66)62-52(44)69/h2-7,9-11,15,27-28,30-33,37,40,42-45,56H,8,12-14,16-26,29,55H2,1H3,(H,60,70)(H,61,68)(H,62,66,69). The fourth-order valence-corrected chi connectivity index (χ4v) is 11.9.